The van der Waals surface area contributed by atoms with Crippen molar-refractivity contribution in [1.82, 2.24) is 0 Å². The number of aryl methyl sites for hydroxylation is 1. The molecule has 0 aliphatic carbocycles. The monoisotopic (exact) mass is 278 g/mol. The maximum absolute atomic E-state index is 11.1. The standard InChI is InChI=1S/C15H22N2O3/c1-6-9(2)14(20-5)17-13-10(3)7-11(15(18)19)8-12(13)16-4/h7-9,16H,6H2,1-5H3,(H,18,19)/b17-14+. The molecule has 0 aliphatic rings. The summed E-state index contributed by atoms with van der Waals surface area (Å²) in [6.07, 6.45) is 0.924. The van der Waals surface area contributed by atoms with E-state index in [0.29, 0.717) is 11.6 Å². The molecule has 0 fully saturated rings. The third kappa shape index (κ3) is 3.50. The molecule has 1 aromatic carbocycles. The number of rotatable bonds is 5. The molecular weight excluding hydrogens is 256 g/mol. The molecule has 0 amide bonds. The van der Waals surface area contributed by atoms with Gasteiger partial charge in [-0.25, -0.2) is 9.79 Å². The van der Waals surface area contributed by atoms with Gasteiger partial charge < -0.3 is 15.2 Å². The van der Waals surface area contributed by atoms with E-state index < -0.39 is 5.97 Å². The van der Waals surface area contributed by atoms with Crippen LogP contribution in [0.15, 0.2) is 17.1 Å². The Morgan fingerprint density at radius 3 is 2.60 bits per heavy atom. The van der Waals surface area contributed by atoms with Gasteiger partial charge in [-0.15, -0.1) is 0 Å². The van der Waals surface area contributed by atoms with Gasteiger partial charge in [-0.1, -0.05) is 13.8 Å². The number of carboxylic acid groups (broad SMARTS) is 1. The number of ether oxygens (including phenoxy) is 1. The first kappa shape index (κ1) is 16.0. The van der Waals surface area contributed by atoms with Gasteiger partial charge in [0.15, 0.2) is 5.90 Å². The summed E-state index contributed by atoms with van der Waals surface area (Å²) in [6.45, 7) is 5.96. The van der Waals surface area contributed by atoms with E-state index in [1.165, 1.54) is 0 Å². The van der Waals surface area contributed by atoms with Crippen LogP contribution in [0.3, 0.4) is 0 Å². The summed E-state index contributed by atoms with van der Waals surface area (Å²) in [5, 5.41) is 12.1. The van der Waals surface area contributed by atoms with E-state index in [4.69, 9.17) is 9.84 Å². The van der Waals surface area contributed by atoms with Gasteiger partial charge >= 0.3 is 5.97 Å². The van der Waals surface area contributed by atoms with Crippen molar-refractivity contribution in [1.29, 1.82) is 0 Å². The number of carboxylic acids is 1. The molecule has 0 aromatic heterocycles. The van der Waals surface area contributed by atoms with Gasteiger partial charge in [0.25, 0.3) is 0 Å². The highest BCUT2D eigenvalue weighted by Gasteiger charge is 2.14. The Bertz CT molecular complexity index is 524. The number of hydrogen-bond donors (Lipinski definition) is 2. The highest BCUT2D eigenvalue weighted by Crippen LogP contribution is 2.31. The van der Waals surface area contributed by atoms with Crippen molar-refractivity contribution in [2.45, 2.75) is 27.2 Å². The van der Waals surface area contributed by atoms with Crippen LogP contribution in [0.5, 0.6) is 0 Å². The zero-order chi connectivity index (χ0) is 15.3. The second-order valence-corrected chi connectivity index (χ2v) is 4.71. The summed E-state index contributed by atoms with van der Waals surface area (Å²) in [5.41, 5.74) is 2.44. The quantitative estimate of drug-likeness (QED) is 0.639. The number of hydrogen-bond acceptors (Lipinski definition) is 4. The van der Waals surface area contributed by atoms with Crippen LogP contribution in [0.1, 0.15) is 36.2 Å². The average Bonchev–Trinajstić information content (AvgIpc) is 2.44. The molecule has 0 bridgehead atoms. The molecule has 0 saturated carbocycles. The highest BCUT2D eigenvalue weighted by molar-refractivity contribution is 5.92. The van der Waals surface area contributed by atoms with Crippen LogP contribution in [0.2, 0.25) is 0 Å². The summed E-state index contributed by atoms with van der Waals surface area (Å²) >= 11 is 0. The Morgan fingerprint density at radius 2 is 2.15 bits per heavy atom. The SMILES string of the molecule is CCC(C)/C(=N\c1c(C)cc(C(=O)O)cc1NC)OC. The smallest absolute Gasteiger partial charge is 0.335 e. The van der Waals surface area contributed by atoms with E-state index in [9.17, 15) is 4.79 Å². The second kappa shape index (κ2) is 6.93. The first-order valence-corrected chi connectivity index (χ1v) is 6.62. The number of methoxy groups -OCH3 is 1. The van der Waals surface area contributed by atoms with Crippen LogP contribution in [-0.2, 0) is 4.74 Å². The lowest BCUT2D eigenvalue weighted by molar-refractivity contribution is 0.0697. The summed E-state index contributed by atoms with van der Waals surface area (Å²) in [5.74, 6) is -0.0903. The Balaban J connectivity index is 3.37. The maximum Gasteiger partial charge on any atom is 0.335 e. The molecule has 0 heterocycles. The molecule has 5 heteroatoms. The lowest BCUT2D eigenvalue weighted by Gasteiger charge is -2.15. The zero-order valence-electron chi connectivity index (χ0n) is 12.7. The van der Waals surface area contributed by atoms with Gasteiger partial charge in [0.2, 0.25) is 0 Å². The number of aromatic carboxylic acids is 1. The fourth-order valence-electron chi connectivity index (χ4n) is 1.88. The number of nitrogens with zero attached hydrogens (tertiary/aromatic N) is 1. The first-order chi connectivity index (χ1) is 9.44. The van der Waals surface area contributed by atoms with Gasteiger partial charge in [-0.3, -0.25) is 0 Å². The number of nitrogens with one attached hydrogen (secondary N) is 1. The van der Waals surface area contributed by atoms with Crippen molar-refractivity contribution in [2.75, 3.05) is 19.5 Å². The predicted octanol–water partition coefficient (Wildman–Crippen LogP) is 3.46. The predicted molar refractivity (Wildman–Crippen MR) is 81.2 cm³/mol. The second-order valence-electron chi connectivity index (χ2n) is 4.71. The van der Waals surface area contributed by atoms with E-state index >= 15 is 0 Å². The fourth-order valence-corrected chi connectivity index (χ4v) is 1.88. The van der Waals surface area contributed by atoms with E-state index in [0.717, 1.165) is 17.7 Å². The van der Waals surface area contributed by atoms with Crippen molar-refractivity contribution in [3.63, 3.8) is 0 Å². The summed E-state index contributed by atoms with van der Waals surface area (Å²) in [7, 11) is 3.35. The zero-order valence-corrected chi connectivity index (χ0v) is 12.7. The molecule has 110 valence electrons. The molecule has 2 N–H and O–H groups in total. The number of carbonyl (C=O) groups is 1. The van der Waals surface area contributed by atoms with Gasteiger partial charge in [0.05, 0.1) is 24.0 Å². The van der Waals surface area contributed by atoms with E-state index in [-0.39, 0.29) is 11.5 Å². The van der Waals surface area contributed by atoms with Crippen molar-refractivity contribution in [2.24, 2.45) is 10.9 Å². The maximum atomic E-state index is 11.1. The van der Waals surface area contributed by atoms with Crippen LogP contribution < -0.4 is 5.32 Å². The third-order valence-corrected chi connectivity index (χ3v) is 3.28. The van der Waals surface area contributed by atoms with E-state index in [1.54, 1.807) is 26.3 Å². The van der Waals surface area contributed by atoms with Gasteiger partial charge in [0, 0.05) is 13.0 Å². The molecule has 20 heavy (non-hydrogen) atoms. The average molecular weight is 278 g/mol. The molecule has 0 spiro atoms. The van der Waals surface area contributed by atoms with Crippen molar-refractivity contribution in [3.8, 4) is 0 Å². The molecule has 1 unspecified atom stereocenters. The third-order valence-electron chi connectivity index (χ3n) is 3.28. The largest absolute Gasteiger partial charge is 0.484 e. The lowest BCUT2D eigenvalue weighted by atomic mass is 10.1. The van der Waals surface area contributed by atoms with Crippen LogP contribution in [0, 0.1) is 12.8 Å². The number of benzene rings is 1. The summed E-state index contributed by atoms with van der Waals surface area (Å²) in [4.78, 5) is 15.6. The minimum absolute atomic E-state index is 0.211. The van der Waals surface area contributed by atoms with Crippen LogP contribution in [0.25, 0.3) is 0 Å². The summed E-state index contributed by atoms with van der Waals surface area (Å²) < 4.78 is 5.35. The van der Waals surface area contributed by atoms with Crippen molar-refractivity contribution >= 4 is 23.2 Å². The molecule has 0 aliphatic heterocycles. The van der Waals surface area contributed by atoms with Crippen molar-refractivity contribution in [3.05, 3.63) is 23.3 Å². The summed E-state index contributed by atoms with van der Waals surface area (Å²) in [6, 6.07) is 3.20. The number of aliphatic imine (C=N–C) groups is 1. The normalized spacial score (nSPS) is 12.9. The molecule has 5 nitrogen and oxygen atoms in total. The van der Waals surface area contributed by atoms with Crippen LogP contribution in [0.4, 0.5) is 11.4 Å². The lowest BCUT2D eigenvalue weighted by Crippen LogP contribution is -2.12. The van der Waals surface area contributed by atoms with Gasteiger partial charge in [0.1, 0.15) is 0 Å². The molecule has 1 atom stereocenters. The topological polar surface area (TPSA) is 70.9 Å². The van der Waals surface area contributed by atoms with Crippen LogP contribution in [-0.4, -0.2) is 31.1 Å². The Hall–Kier alpha value is -2.04. The molecule has 0 saturated heterocycles. The highest BCUT2D eigenvalue weighted by atomic mass is 16.5. The minimum atomic E-state index is -0.950. The van der Waals surface area contributed by atoms with E-state index in [1.807, 2.05) is 13.8 Å². The Labute approximate surface area is 119 Å². The Kier molecular flexibility index (Phi) is 5.55. The van der Waals surface area contributed by atoms with Gasteiger partial charge in [-0.2, -0.15) is 0 Å². The fraction of sp³-hybridized carbons (Fsp3) is 0.467. The Morgan fingerprint density at radius 1 is 1.50 bits per heavy atom. The van der Waals surface area contributed by atoms with Gasteiger partial charge in [-0.05, 0) is 31.0 Å². The minimum Gasteiger partial charge on any atom is -0.484 e. The van der Waals surface area contributed by atoms with E-state index in [2.05, 4.69) is 17.2 Å². The van der Waals surface area contributed by atoms with Crippen molar-refractivity contribution < 1.29 is 14.6 Å². The molecule has 1 aromatic rings. The number of anilines is 1. The van der Waals surface area contributed by atoms with Crippen LogP contribution >= 0.6 is 0 Å². The molecule has 1 rings (SSSR count). The first-order valence-electron chi connectivity index (χ1n) is 6.62. The molecule has 0 radical (unpaired) electrons. The molecular formula is C15H22N2O3.